The second-order valence-electron chi connectivity index (χ2n) is 2.38. The van der Waals surface area contributed by atoms with Gasteiger partial charge in [0.15, 0.2) is 6.10 Å². The Labute approximate surface area is 79.7 Å². The first-order chi connectivity index (χ1) is 6.32. The van der Waals surface area contributed by atoms with Crippen molar-refractivity contribution in [2.24, 2.45) is 0 Å². The molecule has 8 heteroatoms. The van der Waals surface area contributed by atoms with Crippen molar-refractivity contribution in [2.75, 3.05) is 0 Å². The number of hydrogen-bond donors (Lipinski definition) is 1. The van der Waals surface area contributed by atoms with Crippen molar-refractivity contribution < 1.29 is 23.2 Å². The molecule has 1 unspecified atom stereocenters. The maximum Gasteiger partial charge on any atom is 0.419 e. The number of halogens is 3. The summed E-state index contributed by atoms with van der Waals surface area (Å²) in [5, 5.41) is 18.4. The summed E-state index contributed by atoms with van der Waals surface area (Å²) in [4.78, 5) is 8.85. The molecule has 1 atom stereocenters. The molecule has 0 bridgehead atoms. The molecular formula is C6H4F3NO3S. The van der Waals surface area contributed by atoms with Crippen LogP contribution in [0, 0.1) is 10.1 Å². The topological polar surface area (TPSA) is 63.4 Å². The first-order valence-corrected chi connectivity index (χ1v) is 4.13. The summed E-state index contributed by atoms with van der Waals surface area (Å²) in [5.41, 5.74) is 0. The molecule has 0 radical (unpaired) electrons. The Morgan fingerprint density at radius 1 is 1.50 bits per heavy atom. The van der Waals surface area contributed by atoms with Gasteiger partial charge in [-0.1, -0.05) is 11.3 Å². The molecule has 0 amide bonds. The number of aliphatic hydroxyl groups is 1. The van der Waals surface area contributed by atoms with Gasteiger partial charge in [-0.3, -0.25) is 10.1 Å². The summed E-state index contributed by atoms with van der Waals surface area (Å²) in [6, 6.07) is 1.82. The summed E-state index contributed by atoms with van der Waals surface area (Å²) in [7, 11) is 0. The van der Waals surface area contributed by atoms with E-state index in [1.807, 2.05) is 0 Å². The van der Waals surface area contributed by atoms with Crippen molar-refractivity contribution in [3.63, 3.8) is 0 Å². The molecule has 14 heavy (non-hydrogen) atoms. The smallest absolute Gasteiger partial charge is 0.379 e. The first-order valence-electron chi connectivity index (χ1n) is 3.31. The number of alkyl halides is 3. The number of nitrogens with zero attached hydrogens (tertiary/aromatic N) is 1. The van der Waals surface area contributed by atoms with E-state index < -0.39 is 27.1 Å². The molecule has 0 aliphatic rings. The lowest BCUT2D eigenvalue weighted by Crippen LogP contribution is -2.18. The van der Waals surface area contributed by atoms with Gasteiger partial charge in [0.2, 0.25) is 0 Å². The van der Waals surface area contributed by atoms with Crippen LogP contribution in [0.3, 0.4) is 0 Å². The van der Waals surface area contributed by atoms with Crippen LogP contribution >= 0.6 is 11.3 Å². The van der Waals surface area contributed by atoms with Crippen LogP contribution in [-0.2, 0) is 0 Å². The average molecular weight is 227 g/mol. The van der Waals surface area contributed by atoms with Crippen LogP contribution in [0.2, 0.25) is 0 Å². The molecule has 1 aromatic heterocycles. The van der Waals surface area contributed by atoms with Crippen LogP contribution in [0.15, 0.2) is 12.1 Å². The van der Waals surface area contributed by atoms with E-state index in [1.165, 1.54) is 0 Å². The molecule has 0 saturated carbocycles. The normalized spacial score (nSPS) is 14.0. The zero-order chi connectivity index (χ0) is 10.9. The van der Waals surface area contributed by atoms with Crippen LogP contribution < -0.4 is 0 Å². The number of rotatable bonds is 2. The van der Waals surface area contributed by atoms with Crippen molar-refractivity contribution >= 4 is 16.3 Å². The molecule has 0 fully saturated rings. The molecule has 0 saturated heterocycles. The quantitative estimate of drug-likeness (QED) is 0.622. The highest BCUT2D eigenvalue weighted by Crippen LogP contribution is 2.37. The molecule has 0 aliphatic heterocycles. The number of aliphatic hydroxyl groups excluding tert-OH is 1. The molecule has 0 spiro atoms. The maximum atomic E-state index is 11.9. The van der Waals surface area contributed by atoms with Gasteiger partial charge in [0, 0.05) is 10.9 Å². The van der Waals surface area contributed by atoms with Gasteiger partial charge in [-0.2, -0.15) is 13.2 Å². The molecule has 1 N–H and O–H groups in total. The SMILES string of the molecule is O=[N+]([O-])c1ccc(C(O)C(F)(F)F)s1. The van der Waals surface area contributed by atoms with Crippen molar-refractivity contribution in [3.8, 4) is 0 Å². The first kappa shape index (κ1) is 10.9. The summed E-state index contributed by atoms with van der Waals surface area (Å²) in [5.74, 6) is 0. The monoisotopic (exact) mass is 227 g/mol. The van der Waals surface area contributed by atoms with Crippen LogP contribution in [0.25, 0.3) is 0 Å². The van der Waals surface area contributed by atoms with E-state index in [0.717, 1.165) is 12.1 Å². The van der Waals surface area contributed by atoms with Crippen LogP contribution in [0.4, 0.5) is 18.2 Å². The second-order valence-corrected chi connectivity index (χ2v) is 3.47. The third-order valence-corrected chi connectivity index (χ3v) is 2.46. The van der Waals surface area contributed by atoms with E-state index in [1.54, 1.807) is 0 Å². The van der Waals surface area contributed by atoms with Crippen LogP contribution in [-0.4, -0.2) is 16.2 Å². The number of nitro groups is 1. The third kappa shape index (κ3) is 2.20. The van der Waals surface area contributed by atoms with E-state index >= 15 is 0 Å². The summed E-state index contributed by atoms with van der Waals surface area (Å²) in [6.07, 6.45) is -7.44. The van der Waals surface area contributed by atoms with Crippen molar-refractivity contribution in [3.05, 3.63) is 27.1 Å². The van der Waals surface area contributed by atoms with E-state index in [4.69, 9.17) is 5.11 Å². The van der Waals surface area contributed by atoms with Crippen LogP contribution in [0.1, 0.15) is 11.0 Å². The molecule has 0 aliphatic carbocycles. The van der Waals surface area contributed by atoms with E-state index in [2.05, 4.69) is 0 Å². The molecule has 4 nitrogen and oxygen atoms in total. The van der Waals surface area contributed by atoms with Crippen molar-refractivity contribution in [1.82, 2.24) is 0 Å². The third-order valence-electron chi connectivity index (χ3n) is 1.37. The molecule has 0 aromatic carbocycles. The lowest BCUT2D eigenvalue weighted by atomic mass is 10.3. The minimum atomic E-state index is -4.79. The maximum absolute atomic E-state index is 11.9. The van der Waals surface area contributed by atoms with Gasteiger partial charge < -0.3 is 5.11 Å². The summed E-state index contributed by atoms with van der Waals surface area (Å²) >= 11 is 0.307. The number of hydrogen-bond acceptors (Lipinski definition) is 4. The fourth-order valence-electron chi connectivity index (χ4n) is 0.749. The van der Waals surface area contributed by atoms with Gasteiger partial charge in [-0.25, -0.2) is 0 Å². The lowest BCUT2D eigenvalue weighted by Gasteiger charge is -2.11. The molecule has 1 rings (SSSR count). The standard InChI is InChI=1S/C6H4F3NO3S/c7-6(8,9)5(11)3-1-2-4(14-3)10(12)13/h1-2,5,11H. The fraction of sp³-hybridized carbons (Fsp3) is 0.333. The number of thiophene rings is 1. The highest BCUT2D eigenvalue weighted by atomic mass is 32.1. The fourth-order valence-corrected chi connectivity index (χ4v) is 1.58. The van der Waals surface area contributed by atoms with Crippen molar-refractivity contribution in [1.29, 1.82) is 0 Å². The van der Waals surface area contributed by atoms with Crippen LogP contribution in [0.5, 0.6) is 0 Å². The van der Waals surface area contributed by atoms with Gasteiger partial charge in [0.05, 0.1) is 4.92 Å². The summed E-state index contributed by atoms with van der Waals surface area (Å²) in [6.45, 7) is 0. The zero-order valence-electron chi connectivity index (χ0n) is 6.49. The largest absolute Gasteiger partial charge is 0.419 e. The Balaban J connectivity index is 2.92. The Morgan fingerprint density at radius 3 is 2.43 bits per heavy atom. The summed E-state index contributed by atoms with van der Waals surface area (Å²) < 4.78 is 35.8. The molecule has 1 aromatic rings. The van der Waals surface area contributed by atoms with Gasteiger partial charge in [-0.05, 0) is 6.07 Å². The van der Waals surface area contributed by atoms with Gasteiger partial charge >= 0.3 is 11.2 Å². The predicted molar refractivity (Wildman–Crippen MR) is 42.0 cm³/mol. The molecule has 1 heterocycles. The highest BCUT2D eigenvalue weighted by Gasteiger charge is 2.40. The minimum Gasteiger partial charge on any atom is -0.379 e. The Kier molecular flexibility index (Phi) is 2.76. The minimum absolute atomic E-state index is 0.307. The zero-order valence-corrected chi connectivity index (χ0v) is 7.30. The Morgan fingerprint density at radius 2 is 2.07 bits per heavy atom. The average Bonchev–Trinajstić information content (AvgIpc) is 2.48. The predicted octanol–water partition coefficient (Wildman–Crippen LogP) is 2.25. The van der Waals surface area contributed by atoms with Gasteiger partial charge in [0.25, 0.3) is 0 Å². The van der Waals surface area contributed by atoms with Gasteiger partial charge in [0.1, 0.15) is 0 Å². The van der Waals surface area contributed by atoms with Gasteiger partial charge in [-0.15, -0.1) is 0 Å². The molecule has 78 valence electrons. The van der Waals surface area contributed by atoms with E-state index in [0.29, 0.717) is 11.3 Å². The van der Waals surface area contributed by atoms with E-state index in [9.17, 15) is 23.3 Å². The Hall–Kier alpha value is -1.15. The second kappa shape index (κ2) is 3.54. The molecular weight excluding hydrogens is 223 g/mol. The van der Waals surface area contributed by atoms with E-state index in [-0.39, 0.29) is 0 Å². The Bertz CT molecular complexity index is 348. The highest BCUT2D eigenvalue weighted by molar-refractivity contribution is 7.15. The van der Waals surface area contributed by atoms with Crippen molar-refractivity contribution in [2.45, 2.75) is 12.3 Å². The lowest BCUT2D eigenvalue weighted by molar-refractivity contribution is -0.380.